The van der Waals surface area contributed by atoms with E-state index in [0.717, 1.165) is 16.0 Å². The van der Waals surface area contributed by atoms with Gasteiger partial charge in [-0.1, -0.05) is 50.2 Å². The Kier molecular flexibility index (Phi) is 4.85. The van der Waals surface area contributed by atoms with Gasteiger partial charge in [-0.2, -0.15) is 0 Å². The minimum absolute atomic E-state index is 0.284. The molecule has 0 heterocycles. The van der Waals surface area contributed by atoms with Crippen molar-refractivity contribution in [3.63, 3.8) is 0 Å². The standard InChI is InChI=1S/C17H18O2S/c1-12(2)20-16-11-14(13-7-5-4-6-8-13)9-10-15(16)17(18)19-3/h4-12H,1-3H3. The summed E-state index contributed by atoms with van der Waals surface area (Å²) in [6.07, 6.45) is 0. The Morgan fingerprint density at radius 3 is 2.35 bits per heavy atom. The fraction of sp³-hybridized carbons (Fsp3) is 0.235. The average molecular weight is 286 g/mol. The van der Waals surface area contributed by atoms with Crippen LogP contribution in [0.3, 0.4) is 0 Å². The number of ether oxygens (including phenoxy) is 1. The third-order valence-electron chi connectivity index (χ3n) is 2.86. The van der Waals surface area contributed by atoms with E-state index in [1.54, 1.807) is 11.8 Å². The summed E-state index contributed by atoms with van der Waals surface area (Å²) in [5, 5.41) is 0.407. The highest BCUT2D eigenvalue weighted by Crippen LogP contribution is 2.31. The van der Waals surface area contributed by atoms with Crippen LogP contribution in [0.2, 0.25) is 0 Å². The van der Waals surface area contributed by atoms with Gasteiger partial charge < -0.3 is 4.74 Å². The van der Waals surface area contributed by atoms with Gasteiger partial charge in [-0.25, -0.2) is 4.79 Å². The summed E-state index contributed by atoms with van der Waals surface area (Å²) in [5.41, 5.74) is 2.89. The smallest absolute Gasteiger partial charge is 0.338 e. The second-order valence-electron chi connectivity index (χ2n) is 4.74. The van der Waals surface area contributed by atoms with Crippen molar-refractivity contribution in [1.82, 2.24) is 0 Å². The van der Waals surface area contributed by atoms with Crippen LogP contribution in [-0.4, -0.2) is 18.3 Å². The highest BCUT2D eigenvalue weighted by molar-refractivity contribution is 8.00. The van der Waals surface area contributed by atoms with Crippen LogP contribution in [-0.2, 0) is 4.74 Å². The van der Waals surface area contributed by atoms with Gasteiger partial charge in [0.15, 0.2) is 0 Å². The van der Waals surface area contributed by atoms with Gasteiger partial charge in [0, 0.05) is 10.1 Å². The van der Waals surface area contributed by atoms with E-state index in [1.165, 1.54) is 7.11 Å². The first-order valence-corrected chi connectivity index (χ1v) is 7.44. The molecule has 0 saturated carbocycles. The van der Waals surface area contributed by atoms with Crippen LogP contribution >= 0.6 is 11.8 Å². The van der Waals surface area contributed by atoms with E-state index in [-0.39, 0.29) is 5.97 Å². The molecule has 0 N–H and O–H groups in total. The van der Waals surface area contributed by atoms with Gasteiger partial charge in [0.25, 0.3) is 0 Å². The maximum Gasteiger partial charge on any atom is 0.338 e. The van der Waals surface area contributed by atoms with E-state index in [2.05, 4.69) is 32.0 Å². The molecule has 0 fully saturated rings. The lowest BCUT2D eigenvalue weighted by molar-refractivity contribution is 0.0597. The molecule has 0 aliphatic heterocycles. The number of carbonyl (C=O) groups excluding carboxylic acids is 1. The molecule has 0 aliphatic rings. The fourth-order valence-electron chi connectivity index (χ4n) is 1.96. The quantitative estimate of drug-likeness (QED) is 0.605. The molecule has 0 amide bonds. The van der Waals surface area contributed by atoms with Crippen molar-refractivity contribution in [2.24, 2.45) is 0 Å². The topological polar surface area (TPSA) is 26.3 Å². The van der Waals surface area contributed by atoms with E-state index in [9.17, 15) is 4.79 Å². The number of benzene rings is 2. The normalized spacial score (nSPS) is 10.6. The molecule has 2 rings (SSSR count). The van der Waals surface area contributed by atoms with Crippen molar-refractivity contribution in [1.29, 1.82) is 0 Å². The summed E-state index contributed by atoms with van der Waals surface area (Å²) in [6, 6.07) is 16.0. The van der Waals surface area contributed by atoms with Gasteiger partial charge >= 0.3 is 5.97 Å². The minimum Gasteiger partial charge on any atom is -0.465 e. The van der Waals surface area contributed by atoms with E-state index >= 15 is 0 Å². The Hall–Kier alpha value is -1.74. The van der Waals surface area contributed by atoms with Gasteiger partial charge in [-0.15, -0.1) is 11.8 Å². The van der Waals surface area contributed by atoms with Crippen LogP contribution in [0.25, 0.3) is 11.1 Å². The monoisotopic (exact) mass is 286 g/mol. The summed E-state index contributed by atoms with van der Waals surface area (Å²) in [7, 11) is 1.41. The minimum atomic E-state index is -0.284. The second-order valence-corrected chi connectivity index (χ2v) is 6.35. The molecule has 0 bridgehead atoms. The molecular weight excluding hydrogens is 268 g/mol. The first kappa shape index (κ1) is 14.7. The Labute approximate surface area is 124 Å². The van der Waals surface area contributed by atoms with Gasteiger partial charge in [-0.05, 0) is 23.3 Å². The molecule has 104 valence electrons. The highest BCUT2D eigenvalue weighted by atomic mass is 32.2. The van der Waals surface area contributed by atoms with Crippen molar-refractivity contribution >= 4 is 17.7 Å². The van der Waals surface area contributed by atoms with E-state index in [1.807, 2.05) is 30.3 Å². The summed E-state index contributed by atoms with van der Waals surface area (Å²) in [4.78, 5) is 12.8. The Balaban J connectivity index is 2.45. The van der Waals surface area contributed by atoms with Crippen molar-refractivity contribution in [3.05, 3.63) is 54.1 Å². The lowest BCUT2D eigenvalue weighted by Crippen LogP contribution is -2.04. The second kappa shape index (κ2) is 6.62. The molecular formula is C17H18O2S. The molecule has 0 radical (unpaired) electrons. The Morgan fingerprint density at radius 1 is 1.05 bits per heavy atom. The van der Waals surface area contributed by atoms with Crippen LogP contribution in [0.15, 0.2) is 53.4 Å². The summed E-state index contributed by atoms with van der Waals surface area (Å²) >= 11 is 1.68. The van der Waals surface area contributed by atoms with Crippen LogP contribution in [0.5, 0.6) is 0 Å². The molecule has 20 heavy (non-hydrogen) atoms. The molecule has 3 heteroatoms. The molecule has 2 nitrogen and oxygen atoms in total. The summed E-state index contributed by atoms with van der Waals surface area (Å²) in [5.74, 6) is -0.284. The first-order valence-electron chi connectivity index (χ1n) is 6.56. The van der Waals surface area contributed by atoms with E-state index < -0.39 is 0 Å². The number of hydrogen-bond donors (Lipinski definition) is 0. The highest BCUT2D eigenvalue weighted by Gasteiger charge is 2.14. The van der Waals surface area contributed by atoms with Crippen LogP contribution in [0.4, 0.5) is 0 Å². The molecule has 2 aromatic rings. The molecule has 0 saturated heterocycles. The van der Waals surface area contributed by atoms with Gasteiger partial charge in [0.1, 0.15) is 0 Å². The van der Waals surface area contributed by atoms with Gasteiger partial charge in [-0.3, -0.25) is 0 Å². The lowest BCUT2D eigenvalue weighted by Gasteiger charge is -2.12. The molecule has 0 spiro atoms. The zero-order valence-corrected chi connectivity index (χ0v) is 12.7. The van der Waals surface area contributed by atoms with Crippen LogP contribution in [0, 0.1) is 0 Å². The molecule has 2 aromatic carbocycles. The number of rotatable bonds is 4. The molecule has 0 aliphatic carbocycles. The largest absolute Gasteiger partial charge is 0.465 e. The van der Waals surface area contributed by atoms with Crippen molar-refractivity contribution in [2.75, 3.05) is 7.11 Å². The number of carbonyl (C=O) groups is 1. The third kappa shape index (κ3) is 3.42. The van der Waals surface area contributed by atoms with E-state index in [0.29, 0.717) is 10.8 Å². The zero-order valence-electron chi connectivity index (χ0n) is 11.9. The zero-order chi connectivity index (χ0) is 14.5. The predicted molar refractivity (Wildman–Crippen MR) is 84.2 cm³/mol. The summed E-state index contributed by atoms with van der Waals surface area (Å²) < 4.78 is 4.85. The Bertz CT molecular complexity index is 591. The third-order valence-corrected chi connectivity index (χ3v) is 3.92. The number of methoxy groups -OCH3 is 1. The molecule has 0 unspecified atom stereocenters. The first-order chi connectivity index (χ1) is 9.61. The molecule has 0 aromatic heterocycles. The Morgan fingerprint density at radius 2 is 1.75 bits per heavy atom. The van der Waals surface area contributed by atoms with Gasteiger partial charge in [0.05, 0.1) is 12.7 Å². The fourth-order valence-corrected chi connectivity index (χ4v) is 2.94. The SMILES string of the molecule is COC(=O)c1ccc(-c2ccccc2)cc1SC(C)C. The van der Waals surface area contributed by atoms with E-state index in [4.69, 9.17) is 4.74 Å². The maximum atomic E-state index is 11.8. The van der Waals surface area contributed by atoms with Gasteiger partial charge in [0.2, 0.25) is 0 Å². The van der Waals surface area contributed by atoms with Crippen molar-refractivity contribution < 1.29 is 9.53 Å². The predicted octanol–water partition coefficient (Wildman–Crippen LogP) is 4.64. The van der Waals surface area contributed by atoms with Crippen LogP contribution < -0.4 is 0 Å². The average Bonchev–Trinajstić information content (AvgIpc) is 2.46. The van der Waals surface area contributed by atoms with Crippen LogP contribution in [0.1, 0.15) is 24.2 Å². The maximum absolute atomic E-state index is 11.8. The number of thioether (sulfide) groups is 1. The molecule has 0 atom stereocenters. The van der Waals surface area contributed by atoms with Crippen molar-refractivity contribution in [3.8, 4) is 11.1 Å². The number of hydrogen-bond acceptors (Lipinski definition) is 3. The summed E-state index contributed by atoms with van der Waals surface area (Å²) in [6.45, 7) is 4.22. The lowest BCUT2D eigenvalue weighted by atomic mass is 10.0. The van der Waals surface area contributed by atoms with Crippen molar-refractivity contribution in [2.45, 2.75) is 24.0 Å². The number of esters is 1.